The molecule has 4 heteroatoms. The largest absolute Gasteiger partial charge is 0.481 e. The van der Waals surface area contributed by atoms with Crippen molar-refractivity contribution in [2.24, 2.45) is 0 Å². The van der Waals surface area contributed by atoms with Gasteiger partial charge in [-0.3, -0.25) is 4.79 Å². The molecule has 0 radical (unpaired) electrons. The molecule has 0 aliphatic rings. The van der Waals surface area contributed by atoms with Crippen LogP contribution in [0.4, 0.5) is 0 Å². The lowest BCUT2D eigenvalue weighted by Gasteiger charge is -2.17. The van der Waals surface area contributed by atoms with E-state index >= 15 is 0 Å². The number of unbranched alkanes of at least 4 members (excludes halogenated alkanes) is 1. The Morgan fingerprint density at radius 3 is 2.71 bits per heavy atom. The standard InChI is InChI=1S/C13H18BrNO2/c1-15(9-5-4-8-13(16)17)10-11-6-2-3-7-12(11)14/h2-3,6-7H,4-5,8-10H2,1H3,(H,16,17). The van der Waals surface area contributed by atoms with Crippen molar-refractivity contribution in [3.05, 3.63) is 34.3 Å². The first-order chi connectivity index (χ1) is 8.09. The summed E-state index contributed by atoms with van der Waals surface area (Å²) in [5.41, 5.74) is 1.26. The molecule has 0 fully saturated rings. The first kappa shape index (κ1) is 14.2. The van der Waals surface area contributed by atoms with Crippen LogP contribution in [0.1, 0.15) is 24.8 Å². The van der Waals surface area contributed by atoms with Crippen molar-refractivity contribution in [1.82, 2.24) is 4.90 Å². The minimum atomic E-state index is -0.710. The van der Waals surface area contributed by atoms with Crippen LogP contribution >= 0.6 is 15.9 Å². The Kier molecular flexibility index (Phi) is 6.22. The Morgan fingerprint density at radius 1 is 1.35 bits per heavy atom. The number of carbonyl (C=O) groups is 1. The molecule has 0 amide bonds. The molecule has 0 saturated carbocycles. The van der Waals surface area contributed by atoms with Crippen molar-refractivity contribution in [3.8, 4) is 0 Å². The number of nitrogens with zero attached hydrogens (tertiary/aromatic N) is 1. The van der Waals surface area contributed by atoms with Gasteiger partial charge < -0.3 is 10.0 Å². The molecule has 0 heterocycles. The number of halogens is 1. The van der Waals surface area contributed by atoms with Crippen molar-refractivity contribution in [3.63, 3.8) is 0 Å². The minimum absolute atomic E-state index is 0.267. The van der Waals surface area contributed by atoms with Gasteiger partial charge in [-0.05, 0) is 38.1 Å². The first-order valence-corrected chi connectivity index (χ1v) is 6.52. The molecular formula is C13H18BrNO2. The number of hydrogen-bond acceptors (Lipinski definition) is 2. The highest BCUT2D eigenvalue weighted by molar-refractivity contribution is 9.10. The lowest BCUT2D eigenvalue weighted by molar-refractivity contribution is -0.137. The summed E-state index contributed by atoms with van der Waals surface area (Å²) in [6, 6.07) is 8.16. The zero-order chi connectivity index (χ0) is 12.7. The highest BCUT2D eigenvalue weighted by Crippen LogP contribution is 2.17. The molecule has 0 bridgehead atoms. The molecule has 1 rings (SSSR count). The fourth-order valence-electron chi connectivity index (χ4n) is 1.65. The van der Waals surface area contributed by atoms with E-state index in [0.717, 1.165) is 30.4 Å². The van der Waals surface area contributed by atoms with Crippen LogP contribution < -0.4 is 0 Å². The molecular weight excluding hydrogens is 282 g/mol. The van der Waals surface area contributed by atoms with Crippen LogP contribution in [0.3, 0.4) is 0 Å². The monoisotopic (exact) mass is 299 g/mol. The second-order valence-electron chi connectivity index (χ2n) is 4.18. The zero-order valence-corrected chi connectivity index (χ0v) is 11.6. The highest BCUT2D eigenvalue weighted by Gasteiger charge is 2.04. The summed E-state index contributed by atoms with van der Waals surface area (Å²) < 4.78 is 1.12. The Morgan fingerprint density at radius 2 is 2.06 bits per heavy atom. The number of benzene rings is 1. The summed E-state index contributed by atoms with van der Waals surface area (Å²) >= 11 is 3.52. The summed E-state index contributed by atoms with van der Waals surface area (Å²) in [6.07, 6.45) is 1.94. The van der Waals surface area contributed by atoms with Gasteiger partial charge in [0.05, 0.1) is 0 Å². The lowest BCUT2D eigenvalue weighted by atomic mass is 10.2. The van der Waals surface area contributed by atoms with Gasteiger partial charge in [-0.15, -0.1) is 0 Å². The quantitative estimate of drug-likeness (QED) is 0.786. The van der Waals surface area contributed by atoms with Crippen molar-refractivity contribution < 1.29 is 9.90 Å². The average Bonchev–Trinajstić information content (AvgIpc) is 2.27. The van der Waals surface area contributed by atoms with E-state index in [9.17, 15) is 4.79 Å². The van der Waals surface area contributed by atoms with Gasteiger partial charge in [-0.25, -0.2) is 0 Å². The molecule has 1 N–H and O–H groups in total. The third-order valence-electron chi connectivity index (χ3n) is 2.58. The smallest absolute Gasteiger partial charge is 0.303 e. The van der Waals surface area contributed by atoms with Gasteiger partial charge in [-0.1, -0.05) is 34.1 Å². The molecule has 94 valence electrons. The van der Waals surface area contributed by atoms with E-state index in [0.29, 0.717) is 0 Å². The number of carboxylic acid groups (broad SMARTS) is 1. The number of hydrogen-bond donors (Lipinski definition) is 1. The van der Waals surface area contributed by atoms with Crippen LogP contribution in [0.2, 0.25) is 0 Å². The van der Waals surface area contributed by atoms with E-state index in [1.165, 1.54) is 5.56 Å². The number of rotatable bonds is 7. The summed E-state index contributed by atoms with van der Waals surface area (Å²) in [5.74, 6) is -0.710. The van der Waals surface area contributed by atoms with Crippen molar-refractivity contribution >= 4 is 21.9 Å². The summed E-state index contributed by atoms with van der Waals surface area (Å²) in [4.78, 5) is 12.6. The predicted molar refractivity (Wildman–Crippen MR) is 72.0 cm³/mol. The van der Waals surface area contributed by atoms with E-state index in [1.54, 1.807) is 0 Å². The molecule has 0 aliphatic carbocycles. The fourth-order valence-corrected chi connectivity index (χ4v) is 2.06. The normalized spacial score (nSPS) is 10.8. The van der Waals surface area contributed by atoms with Crippen LogP contribution in [0, 0.1) is 0 Å². The van der Waals surface area contributed by atoms with Crippen molar-refractivity contribution in [1.29, 1.82) is 0 Å². The minimum Gasteiger partial charge on any atom is -0.481 e. The van der Waals surface area contributed by atoms with Gasteiger partial charge in [0.1, 0.15) is 0 Å². The van der Waals surface area contributed by atoms with Crippen LogP contribution in [0.15, 0.2) is 28.7 Å². The van der Waals surface area contributed by atoms with Gasteiger partial charge >= 0.3 is 5.97 Å². The Hall–Kier alpha value is -0.870. The lowest BCUT2D eigenvalue weighted by Crippen LogP contribution is -2.19. The van der Waals surface area contributed by atoms with E-state index in [4.69, 9.17) is 5.11 Å². The first-order valence-electron chi connectivity index (χ1n) is 5.73. The van der Waals surface area contributed by atoms with E-state index < -0.39 is 5.97 Å². The van der Waals surface area contributed by atoms with Gasteiger partial charge in [-0.2, -0.15) is 0 Å². The third-order valence-corrected chi connectivity index (χ3v) is 3.35. The second kappa shape index (κ2) is 7.45. The third kappa shape index (κ3) is 5.84. The fraction of sp³-hybridized carbons (Fsp3) is 0.462. The average molecular weight is 300 g/mol. The van der Waals surface area contributed by atoms with Gasteiger partial charge in [0.15, 0.2) is 0 Å². The molecule has 17 heavy (non-hydrogen) atoms. The maximum Gasteiger partial charge on any atom is 0.303 e. The Balaban J connectivity index is 2.27. The van der Waals surface area contributed by atoms with Crippen LogP contribution in [-0.4, -0.2) is 29.6 Å². The second-order valence-corrected chi connectivity index (χ2v) is 5.03. The van der Waals surface area contributed by atoms with Crippen LogP contribution in [-0.2, 0) is 11.3 Å². The topological polar surface area (TPSA) is 40.5 Å². The summed E-state index contributed by atoms with van der Waals surface area (Å²) in [6.45, 7) is 1.81. The Bertz CT molecular complexity index is 368. The number of carboxylic acids is 1. The summed E-state index contributed by atoms with van der Waals surface area (Å²) in [5, 5.41) is 8.53. The molecule has 3 nitrogen and oxygen atoms in total. The van der Waals surface area contributed by atoms with Gasteiger partial charge in [0.2, 0.25) is 0 Å². The highest BCUT2D eigenvalue weighted by atomic mass is 79.9. The maximum atomic E-state index is 10.4. The molecule has 1 aromatic rings. The predicted octanol–water partition coefficient (Wildman–Crippen LogP) is 3.14. The van der Waals surface area contributed by atoms with Crippen molar-refractivity contribution in [2.75, 3.05) is 13.6 Å². The van der Waals surface area contributed by atoms with Crippen LogP contribution in [0.25, 0.3) is 0 Å². The Labute approximate surface area is 111 Å². The molecule has 0 saturated heterocycles. The SMILES string of the molecule is CN(CCCCC(=O)O)Cc1ccccc1Br. The molecule has 0 aliphatic heterocycles. The molecule has 1 aromatic carbocycles. The van der Waals surface area contributed by atoms with E-state index in [-0.39, 0.29) is 6.42 Å². The maximum absolute atomic E-state index is 10.4. The molecule has 0 aromatic heterocycles. The van der Waals surface area contributed by atoms with Gasteiger partial charge in [0.25, 0.3) is 0 Å². The van der Waals surface area contributed by atoms with E-state index in [2.05, 4.69) is 33.9 Å². The van der Waals surface area contributed by atoms with E-state index in [1.807, 2.05) is 18.2 Å². The van der Waals surface area contributed by atoms with Crippen LogP contribution in [0.5, 0.6) is 0 Å². The molecule has 0 atom stereocenters. The van der Waals surface area contributed by atoms with Crippen molar-refractivity contribution in [2.45, 2.75) is 25.8 Å². The summed E-state index contributed by atoms with van der Waals surface area (Å²) in [7, 11) is 2.06. The molecule has 0 unspecified atom stereocenters. The number of aliphatic carboxylic acids is 1. The van der Waals surface area contributed by atoms with Gasteiger partial charge in [0, 0.05) is 17.4 Å². The molecule has 0 spiro atoms. The zero-order valence-electron chi connectivity index (χ0n) is 10.0.